The number of nitrogens with one attached hydrogen (secondary N) is 1. The van der Waals surface area contributed by atoms with E-state index in [1.165, 1.54) is 0 Å². The van der Waals surface area contributed by atoms with Crippen LogP contribution in [0.25, 0.3) is 11.1 Å². The highest BCUT2D eigenvalue weighted by atomic mass is 16.5. The Morgan fingerprint density at radius 2 is 2.04 bits per heavy atom. The van der Waals surface area contributed by atoms with Crippen LogP contribution in [0.5, 0.6) is 0 Å². The lowest BCUT2D eigenvalue weighted by molar-refractivity contribution is 0.0398. The summed E-state index contributed by atoms with van der Waals surface area (Å²) < 4.78 is 16.2. The van der Waals surface area contributed by atoms with Crippen LogP contribution in [-0.4, -0.2) is 66.8 Å². The van der Waals surface area contributed by atoms with Gasteiger partial charge in [-0.05, 0) is 20.8 Å². The molecule has 0 radical (unpaired) electrons. The minimum Gasteiger partial charge on any atom is -0.462 e. The summed E-state index contributed by atoms with van der Waals surface area (Å²) in [5, 5.41) is 3.91. The monoisotopic (exact) mass is 348 g/mol. The molecule has 0 unspecified atom stereocenters. The fourth-order valence-corrected chi connectivity index (χ4v) is 2.95. The lowest BCUT2D eigenvalue weighted by atomic mass is 10.2. The number of aryl methyl sites for hydroxylation is 2. The second-order valence-electron chi connectivity index (χ2n) is 5.93. The summed E-state index contributed by atoms with van der Waals surface area (Å²) in [4.78, 5) is 23.4. The fraction of sp³-hybridized carbons (Fsp3) is 0.588. The molecule has 2 aromatic rings. The van der Waals surface area contributed by atoms with Gasteiger partial charge in [-0.25, -0.2) is 9.78 Å². The van der Waals surface area contributed by atoms with Crippen molar-refractivity contribution in [2.24, 2.45) is 0 Å². The summed E-state index contributed by atoms with van der Waals surface area (Å²) in [6.07, 6.45) is 0. The van der Waals surface area contributed by atoms with Crippen LogP contribution in [0.15, 0.2) is 4.42 Å². The van der Waals surface area contributed by atoms with E-state index in [0.29, 0.717) is 47.2 Å². The highest BCUT2D eigenvalue weighted by molar-refractivity contribution is 6.07. The van der Waals surface area contributed by atoms with Gasteiger partial charge in [-0.2, -0.15) is 4.98 Å². The average Bonchev–Trinajstić information content (AvgIpc) is 2.91. The van der Waals surface area contributed by atoms with Crippen molar-refractivity contribution < 1.29 is 18.7 Å². The highest BCUT2D eigenvalue weighted by Gasteiger charge is 2.24. The minimum absolute atomic E-state index is 0.303. The van der Waals surface area contributed by atoms with E-state index >= 15 is 0 Å². The molecule has 1 fully saturated rings. The van der Waals surface area contributed by atoms with Crippen LogP contribution >= 0.6 is 0 Å². The van der Waals surface area contributed by atoms with Crippen molar-refractivity contribution in [3.63, 3.8) is 0 Å². The van der Waals surface area contributed by atoms with Crippen LogP contribution in [0.3, 0.4) is 0 Å². The molecule has 136 valence electrons. The molecule has 0 aliphatic carbocycles. The molecule has 8 nitrogen and oxygen atoms in total. The third-order valence-electron chi connectivity index (χ3n) is 4.14. The number of hydrogen-bond acceptors (Lipinski definition) is 8. The number of ether oxygens (including phenoxy) is 2. The van der Waals surface area contributed by atoms with Gasteiger partial charge in [0.05, 0.1) is 25.2 Å². The van der Waals surface area contributed by atoms with E-state index in [0.717, 1.165) is 32.8 Å². The average molecular weight is 348 g/mol. The maximum atomic E-state index is 12.3. The van der Waals surface area contributed by atoms with E-state index in [1.807, 2.05) is 0 Å². The van der Waals surface area contributed by atoms with Crippen LogP contribution in [0.1, 0.15) is 28.9 Å². The zero-order valence-electron chi connectivity index (χ0n) is 14.9. The Morgan fingerprint density at radius 3 is 2.76 bits per heavy atom. The first-order valence-corrected chi connectivity index (χ1v) is 8.59. The molecular formula is C17H24N4O4. The molecule has 0 aromatic carbocycles. The predicted molar refractivity (Wildman–Crippen MR) is 93.0 cm³/mol. The van der Waals surface area contributed by atoms with Gasteiger partial charge in [-0.3, -0.25) is 4.90 Å². The van der Waals surface area contributed by atoms with Crippen LogP contribution in [0, 0.1) is 13.8 Å². The van der Waals surface area contributed by atoms with Gasteiger partial charge in [0.15, 0.2) is 0 Å². The molecular weight excluding hydrogens is 324 g/mol. The highest BCUT2D eigenvalue weighted by Crippen LogP contribution is 2.30. The number of aromatic nitrogens is 2. The predicted octanol–water partition coefficient (Wildman–Crippen LogP) is 1.76. The summed E-state index contributed by atoms with van der Waals surface area (Å²) in [6.45, 7) is 10.6. The van der Waals surface area contributed by atoms with Gasteiger partial charge in [0.1, 0.15) is 23.0 Å². The van der Waals surface area contributed by atoms with Gasteiger partial charge in [-0.1, -0.05) is 0 Å². The maximum absolute atomic E-state index is 12.3. The maximum Gasteiger partial charge on any atom is 0.342 e. The van der Waals surface area contributed by atoms with Gasteiger partial charge in [0.2, 0.25) is 5.71 Å². The molecule has 25 heavy (non-hydrogen) atoms. The topological polar surface area (TPSA) is 89.7 Å². The van der Waals surface area contributed by atoms with Gasteiger partial charge in [-0.15, -0.1) is 0 Å². The molecule has 1 aliphatic heterocycles. The molecule has 1 aliphatic rings. The number of morpholine rings is 1. The van der Waals surface area contributed by atoms with Crippen molar-refractivity contribution >= 4 is 22.9 Å². The number of fused-ring (bicyclic) bond motifs is 1. The second kappa shape index (κ2) is 7.79. The van der Waals surface area contributed by atoms with Crippen molar-refractivity contribution in [3.05, 3.63) is 17.1 Å². The molecule has 1 N–H and O–H groups in total. The zero-order chi connectivity index (χ0) is 17.8. The number of nitrogens with zero attached hydrogens (tertiary/aromatic N) is 3. The summed E-state index contributed by atoms with van der Waals surface area (Å²) >= 11 is 0. The molecule has 0 saturated carbocycles. The van der Waals surface area contributed by atoms with E-state index in [9.17, 15) is 4.79 Å². The van der Waals surface area contributed by atoms with Gasteiger partial charge >= 0.3 is 5.97 Å². The molecule has 1 saturated heterocycles. The van der Waals surface area contributed by atoms with E-state index in [4.69, 9.17) is 13.9 Å². The van der Waals surface area contributed by atoms with E-state index in [1.54, 1.807) is 20.8 Å². The summed E-state index contributed by atoms with van der Waals surface area (Å²) in [5.74, 6) is 1.27. The third-order valence-corrected chi connectivity index (χ3v) is 4.14. The number of carbonyl (C=O) groups excluding carboxylic acids is 1. The lowest BCUT2D eigenvalue weighted by Gasteiger charge is -2.26. The van der Waals surface area contributed by atoms with Crippen LogP contribution < -0.4 is 5.32 Å². The molecule has 0 bridgehead atoms. The molecule has 3 heterocycles. The van der Waals surface area contributed by atoms with Crippen molar-refractivity contribution in [2.75, 3.05) is 51.3 Å². The van der Waals surface area contributed by atoms with Crippen molar-refractivity contribution in [3.8, 4) is 0 Å². The Balaban J connectivity index is 1.84. The van der Waals surface area contributed by atoms with Crippen molar-refractivity contribution in [1.29, 1.82) is 0 Å². The van der Waals surface area contributed by atoms with E-state index in [2.05, 4.69) is 20.2 Å². The number of hydrogen-bond donors (Lipinski definition) is 1. The van der Waals surface area contributed by atoms with Crippen LogP contribution in [0.2, 0.25) is 0 Å². The number of furan rings is 1. The zero-order valence-corrected chi connectivity index (χ0v) is 14.9. The van der Waals surface area contributed by atoms with Crippen LogP contribution in [0.4, 0.5) is 5.82 Å². The summed E-state index contributed by atoms with van der Waals surface area (Å²) in [5.41, 5.74) is 0.799. The minimum atomic E-state index is -0.414. The fourth-order valence-electron chi connectivity index (χ4n) is 2.95. The molecule has 2 aromatic heterocycles. The molecule has 8 heteroatoms. The molecule has 3 rings (SSSR count). The number of carbonyl (C=O) groups is 1. The Hall–Kier alpha value is -2.19. The Kier molecular flexibility index (Phi) is 5.50. The SMILES string of the molecule is CCOC(=O)c1c(C)oc2nc(C)nc(NCCN3CCOCC3)c12. The van der Waals surface area contributed by atoms with E-state index in [-0.39, 0.29) is 0 Å². The van der Waals surface area contributed by atoms with Crippen LogP contribution in [-0.2, 0) is 9.47 Å². The summed E-state index contributed by atoms with van der Waals surface area (Å²) in [7, 11) is 0. The third kappa shape index (κ3) is 3.91. The number of anilines is 1. The quantitative estimate of drug-likeness (QED) is 0.790. The first-order valence-electron chi connectivity index (χ1n) is 8.59. The largest absolute Gasteiger partial charge is 0.462 e. The summed E-state index contributed by atoms with van der Waals surface area (Å²) in [6, 6.07) is 0. The molecule has 0 spiro atoms. The first-order chi connectivity index (χ1) is 12.1. The van der Waals surface area contributed by atoms with Gasteiger partial charge in [0, 0.05) is 26.2 Å². The van der Waals surface area contributed by atoms with Gasteiger partial charge < -0.3 is 19.2 Å². The second-order valence-corrected chi connectivity index (χ2v) is 5.93. The standard InChI is InChI=1S/C17H24N4O4/c1-4-24-17(22)13-11(2)25-16-14(13)15(19-12(3)20-16)18-5-6-21-7-9-23-10-8-21/h4-10H2,1-3H3,(H,18,19,20). The molecule has 0 amide bonds. The Labute approximate surface area is 146 Å². The normalized spacial score (nSPS) is 15.5. The molecule has 0 atom stereocenters. The van der Waals surface area contributed by atoms with Crippen molar-refractivity contribution in [1.82, 2.24) is 14.9 Å². The Morgan fingerprint density at radius 1 is 1.28 bits per heavy atom. The smallest absolute Gasteiger partial charge is 0.342 e. The lowest BCUT2D eigenvalue weighted by Crippen LogP contribution is -2.39. The van der Waals surface area contributed by atoms with Gasteiger partial charge in [0.25, 0.3) is 0 Å². The Bertz CT molecular complexity index is 753. The number of esters is 1. The first kappa shape index (κ1) is 17.6. The van der Waals surface area contributed by atoms with E-state index < -0.39 is 5.97 Å². The number of rotatable bonds is 6. The van der Waals surface area contributed by atoms with Crippen molar-refractivity contribution in [2.45, 2.75) is 20.8 Å².